The lowest BCUT2D eigenvalue weighted by molar-refractivity contribution is -0.143. The number of nitrogens with one attached hydrogen (secondary N) is 2. The first-order valence-corrected chi connectivity index (χ1v) is 13.6. The van der Waals surface area contributed by atoms with Crippen LogP contribution in [0.1, 0.15) is 50.3 Å². The van der Waals surface area contributed by atoms with Crippen LogP contribution in [-0.2, 0) is 30.5 Å². The second kappa shape index (κ2) is 10.7. The Bertz CT molecular complexity index is 1350. The van der Waals surface area contributed by atoms with Crippen LogP contribution in [0.25, 0.3) is 11.0 Å². The molecule has 0 aliphatic carbocycles. The third-order valence-corrected chi connectivity index (χ3v) is 9.17. The first kappa shape index (κ1) is 25.1. The Morgan fingerprint density at radius 2 is 1.83 bits per heavy atom. The van der Waals surface area contributed by atoms with E-state index in [9.17, 15) is 18.0 Å². The lowest BCUT2D eigenvalue weighted by Gasteiger charge is -2.37. The molecule has 2 aromatic carbocycles. The summed E-state index contributed by atoms with van der Waals surface area (Å²) in [6, 6.07) is 14.1. The van der Waals surface area contributed by atoms with E-state index >= 15 is 0 Å². The smallest absolute Gasteiger partial charge is 0.305 e. The summed E-state index contributed by atoms with van der Waals surface area (Å²) in [6.45, 7) is 3.34. The largest absolute Gasteiger partial charge is 0.466 e. The number of sulfone groups is 1. The minimum atomic E-state index is -3.75. The number of aryl methyl sites for hydroxylation is 1. The molecule has 1 aromatic heterocycles. The first-order valence-electron chi connectivity index (χ1n) is 12.1. The van der Waals surface area contributed by atoms with Crippen LogP contribution < -0.4 is 10.9 Å². The molecule has 9 heteroatoms. The molecular formula is C26H31N3O5S. The summed E-state index contributed by atoms with van der Waals surface area (Å²) in [7, 11) is -3.75. The average molecular weight is 498 g/mol. The van der Waals surface area contributed by atoms with E-state index in [1.807, 2.05) is 30.3 Å². The van der Waals surface area contributed by atoms with Crippen molar-refractivity contribution in [2.45, 2.75) is 55.1 Å². The Balaban J connectivity index is 1.64. The Hall–Kier alpha value is -3.04. The molecular weight excluding hydrogens is 466 g/mol. The van der Waals surface area contributed by atoms with Crippen LogP contribution in [-0.4, -0.2) is 44.1 Å². The lowest BCUT2D eigenvalue weighted by atomic mass is 9.89. The number of H-pyrrole nitrogens is 1. The summed E-state index contributed by atoms with van der Waals surface area (Å²) < 4.78 is 32.0. The number of aromatic nitrogens is 2. The van der Waals surface area contributed by atoms with Crippen LogP contribution in [0.3, 0.4) is 0 Å². The molecule has 8 nitrogen and oxygen atoms in total. The Labute approximate surface area is 205 Å². The molecule has 1 aliphatic rings. The summed E-state index contributed by atoms with van der Waals surface area (Å²) in [5, 5.41) is 3.27. The van der Waals surface area contributed by atoms with Crippen molar-refractivity contribution in [3.63, 3.8) is 0 Å². The monoisotopic (exact) mass is 497 g/mol. The van der Waals surface area contributed by atoms with E-state index in [2.05, 4.69) is 15.3 Å². The third kappa shape index (κ3) is 5.16. The number of fused-ring (bicyclic) bond motifs is 1. The van der Waals surface area contributed by atoms with Gasteiger partial charge in [-0.3, -0.25) is 9.59 Å². The standard InChI is InChI=1S/C26H31N3O5S/c1-2-34-24(30)11-7-6-10-22-25(31)29-21-13-12-20(18-23(21)28-22)35(32,33)26(14-16-27-17-15-26)19-8-4-3-5-9-19/h3-5,8-9,12-13,18,27H,2,6-7,10-11,14-17H2,1H3,(H,29,31). The number of esters is 1. The van der Waals surface area contributed by atoms with Crippen molar-refractivity contribution < 1.29 is 17.9 Å². The van der Waals surface area contributed by atoms with E-state index in [1.165, 1.54) is 0 Å². The van der Waals surface area contributed by atoms with E-state index in [4.69, 9.17) is 4.74 Å². The van der Waals surface area contributed by atoms with Gasteiger partial charge in [-0.2, -0.15) is 0 Å². The van der Waals surface area contributed by atoms with Crippen molar-refractivity contribution in [2.75, 3.05) is 19.7 Å². The van der Waals surface area contributed by atoms with Crippen LogP contribution in [0.15, 0.2) is 58.2 Å². The summed E-state index contributed by atoms with van der Waals surface area (Å²) in [6.07, 6.45) is 2.81. The van der Waals surface area contributed by atoms with E-state index < -0.39 is 14.6 Å². The molecule has 0 bridgehead atoms. The normalized spacial score (nSPS) is 15.7. The number of rotatable bonds is 9. The van der Waals surface area contributed by atoms with E-state index in [0.29, 0.717) is 68.5 Å². The number of unbranched alkanes of at least 4 members (excludes halogenated alkanes) is 1. The molecule has 0 unspecified atom stereocenters. The highest BCUT2D eigenvalue weighted by Gasteiger charge is 2.46. The van der Waals surface area contributed by atoms with Crippen molar-refractivity contribution in [1.82, 2.24) is 15.3 Å². The fraction of sp³-hybridized carbons (Fsp3) is 0.423. The highest BCUT2D eigenvalue weighted by atomic mass is 32.2. The van der Waals surface area contributed by atoms with Gasteiger partial charge in [0.25, 0.3) is 5.56 Å². The van der Waals surface area contributed by atoms with Crippen LogP contribution in [0.4, 0.5) is 0 Å². The fourth-order valence-corrected chi connectivity index (χ4v) is 6.90. The number of hydrogen-bond acceptors (Lipinski definition) is 7. The van der Waals surface area contributed by atoms with Crippen molar-refractivity contribution in [3.8, 4) is 0 Å². The van der Waals surface area contributed by atoms with E-state index in [0.717, 1.165) is 5.56 Å². The minimum Gasteiger partial charge on any atom is -0.466 e. The SMILES string of the molecule is CCOC(=O)CCCCc1nc2cc(S(=O)(=O)C3(c4ccccc4)CCNCC3)ccc2[nH]c1=O. The molecule has 186 valence electrons. The molecule has 0 radical (unpaired) electrons. The zero-order valence-corrected chi connectivity index (χ0v) is 20.7. The zero-order valence-electron chi connectivity index (χ0n) is 19.9. The summed E-state index contributed by atoms with van der Waals surface area (Å²) in [4.78, 5) is 31.5. The maximum atomic E-state index is 14.1. The zero-order chi connectivity index (χ0) is 24.9. The summed E-state index contributed by atoms with van der Waals surface area (Å²) in [5.74, 6) is -0.256. The number of hydrogen-bond donors (Lipinski definition) is 2. The maximum Gasteiger partial charge on any atom is 0.305 e. The van der Waals surface area contributed by atoms with Gasteiger partial charge in [0.05, 0.1) is 22.5 Å². The van der Waals surface area contributed by atoms with Gasteiger partial charge in [0.15, 0.2) is 9.84 Å². The summed E-state index contributed by atoms with van der Waals surface area (Å²) >= 11 is 0. The second-order valence-electron chi connectivity index (χ2n) is 8.82. The predicted octanol–water partition coefficient (Wildman–Crippen LogP) is 3.25. The molecule has 1 aliphatic heterocycles. The Morgan fingerprint density at radius 3 is 2.54 bits per heavy atom. The van der Waals surface area contributed by atoms with Crippen LogP contribution in [0.2, 0.25) is 0 Å². The van der Waals surface area contributed by atoms with Gasteiger partial charge in [0.1, 0.15) is 10.4 Å². The molecule has 0 spiro atoms. The van der Waals surface area contributed by atoms with Crippen molar-refractivity contribution in [1.29, 1.82) is 0 Å². The average Bonchev–Trinajstić information content (AvgIpc) is 2.87. The molecule has 1 fully saturated rings. The Kier molecular flexibility index (Phi) is 7.66. The predicted molar refractivity (Wildman–Crippen MR) is 134 cm³/mol. The molecule has 0 amide bonds. The quantitative estimate of drug-likeness (QED) is 0.344. The molecule has 0 atom stereocenters. The van der Waals surface area contributed by atoms with Gasteiger partial charge in [-0.05, 0) is 75.9 Å². The highest BCUT2D eigenvalue weighted by molar-refractivity contribution is 7.92. The van der Waals surface area contributed by atoms with Gasteiger partial charge < -0.3 is 15.0 Å². The molecule has 3 aromatic rings. The fourth-order valence-electron chi connectivity index (χ4n) is 4.74. The highest BCUT2D eigenvalue weighted by Crippen LogP contribution is 2.42. The number of nitrogens with zero attached hydrogens (tertiary/aromatic N) is 1. The van der Waals surface area contributed by atoms with Gasteiger partial charge in [0.2, 0.25) is 0 Å². The molecule has 35 heavy (non-hydrogen) atoms. The van der Waals surface area contributed by atoms with Crippen LogP contribution in [0, 0.1) is 0 Å². The number of carbonyl (C=O) groups is 1. The number of ether oxygens (including phenoxy) is 1. The number of piperidine rings is 1. The van der Waals surface area contributed by atoms with Gasteiger partial charge in [-0.1, -0.05) is 30.3 Å². The maximum absolute atomic E-state index is 14.1. The van der Waals surface area contributed by atoms with Gasteiger partial charge >= 0.3 is 5.97 Å². The number of carbonyl (C=O) groups excluding carboxylic acids is 1. The first-order chi connectivity index (χ1) is 16.9. The summed E-state index contributed by atoms with van der Waals surface area (Å²) in [5.41, 5.74) is 1.74. The van der Waals surface area contributed by atoms with E-state index in [-0.39, 0.29) is 22.8 Å². The van der Waals surface area contributed by atoms with Crippen molar-refractivity contribution in [2.24, 2.45) is 0 Å². The molecule has 1 saturated heterocycles. The molecule has 4 rings (SSSR count). The third-order valence-electron chi connectivity index (χ3n) is 6.62. The topological polar surface area (TPSA) is 118 Å². The number of benzene rings is 2. The van der Waals surface area contributed by atoms with Crippen molar-refractivity contribution >= 4 is 26.8 Å². The van der Waals surface area contributed by atoms with Gasteiger partial charge in [-0.25, -0.2) is 13.4 Å². The number of aromatic amines is 1. The molecule has 2 N–H and O–H groups in total. The second-order valence-corrected chi connectivity index (χ2v) is 11.1. The molecule has 0 saturated carbocycles. The van der Waals surface area contributed by atoms with Gasteiger partial charge in [-0.15, -0.1) is 0 Å². The lowest BCUT2D eigenvalue weighted by Crippen LogP contribution is -2.45. The van der Waals surface area contributed by atoms with Crippen LogP contribution >= 0.6 is 0 Å². The van der Waals surface area contributed by atoms with E-state index in [1.54, 1.807) is 25.1 Å². The van der Waals surface area contributed by atoms with Gasteiger partial charge in [0, 0.05) is 6.42 Å². The minimum absolute atomic E-state index is 0.198. The van der Waals surface area contributed by atoms with Crippen molar-refractivity contribution in [3.05, 3.63) is 70.1 Å². The Morgan fingerprint density at radius 1 is 1.09 bits per heavy atom. The van der Waals surface area contributed by atoms with Crippen LogP contribution in [0.5, 0.6) is 0 Å². The molecule has 2 heterocycles.